The van der Waals surface area contributed by atoms with Crippen molar-refractivity contribution in [1.82, 2.24) is 4.31 Å². The maximum absolute atomic E-state index is 13.7. The third-order valence-electron chi connectivity index (χ3n) is 6.68. The first kappa shape index (κ1) is 30.8. The maximum Gasteiger partial charge on any atom is 0.261 e. The minimum Gasteiger partial charge on any atom is -0.407 e. The molecule has 0 saturated heterocycles. The van der Waals surface area contributed by atoms with Gasteiger partial charge in [0.1, 0.15) is 11.0 Å². The minimum atomic E-state index is -2.68. The fraction of sp³-hybridized carbons (Fsp3) is 0.353. The molecule has 0 aromatic heterocycles. The van der Waals surface area contributed by atoms with Gasteiger partial charge in [-0.3, -0.25) is 0 Å². The molecule has 3 aromatic carbocycles. The number of rotatable bonds is 10. The van der Waals surface area contributed by atoms with Gasteiger partial charge in [-0.25, -0.2) is 8.51 Å². The molecule has 3 aromatic rings. The van der Waals surface area contributed by atoms with Crippen LogP contribution in [0.5, 0.6) is 0 Å². The largest absolute Gasteiger partial charge is 0.407 e. The highest BCUT2D eigenvalue weighted by molar-refractivity contribution is 7.84. The van der Waals surface area contributed by atoms with Gasteiger partial charge in [0.05, 0.1) is 10.8 Å². The first-order chi connectivity index (χ1) is 18.5. The van der Waals surface area contributed by atoms with E-state index < -0.39 is 24.1 Å². The van der Waals surface area contributed by atoms with Crippen molar-refractivity contribution in [2.75, 3.05) is 13.2 Å². The molecule has 0 N–H and O–H groups in total. The number of benzene rings is 3. The van der Waals surface area contributed by atoms with Gasteiger partial charge in [-0.05, 0) is 54.7 Å². The summed E-state index contributed by atoms with van der Waals surface area (Å²) in [5.41, 5.74) is 0.940. The topological polar surface area (TPSA) is 29.5 Å². The van der Waals surface area contributed by atoms with E-state index in [9.17, 15) is 4.21 Å². The minimum absolute atomic E-state index is 0.115. The van der Waals surface area contributed by atoms with Gasteiger partial charge in [-0.15, -0.1) is 6.58 Å². The highest BCUT2D eigenvalue weighted by Crippen LogP contribution is 2.37. The molecule has 0 aliphatic heterocycles. The van der Waals surface area contributed by atoms with Gasteiger partial charge < -0.3 is 4.43 Å². The molecule has 3 nitrogen and oxygen atoms in total. The number of hydrogen-bond donors (Lipinski definition) is 0. The van der Waals surface area contributed by atoms with Gasteiger partial charge >= 0.3 is 0 Å². The molecule has 0 amide bonds. The van der Waals surface area contributed by atoms with Crippen LogP contribution in [0.1, 0.15) is 53.5 Å². The molecule has 206 valence electrons. The second-order valence-electron chi connectivity index (χ2n) is 11.7. The lowest BCUT2D eigenvalue weighted by molar-refractivity contribution is 0.262. The van der Waals surface area contributed by atoms with Crippen LogP contribution in [0.15, 0.2) is 104 Å². The lowest BCUT2D eigenvalue weighted by atomic mass is 10.1. The van der Waals surface area contributed by atoms with Crippen LogP contribution in [0.3, 0.4) is 0 Å². The Hall–Kier alpha value is -2.75. The fourth-order valence-corrected chi connectivity index (χ4v) is 10.8. The van der Waals surface area contributed by atoms with Crippen molar-refractivity contribution < 1.29 is 8.63 Å². The number of nitrogens with zero attached hydrogens (tertiary/aromatic N) is 1. The second kappa shape index (κ2) is 13.5. The quantitative estimate of drug-likeness (QED) is 0.166. The van der Waals surface area contributed by atoms with Crippen LogP contribution in [0.4, 0.5) is 0 Å². The highest BCUT2D eigenvalue weighted by Gasteiger charge is 2.50. The SMILES string of the molecule is C=CCN([C@@H](C#Cc1ccccc1)CCO[Si](c1ccccc1)(c1ccccc1)C(C)(C)C)S(=O)C(C)(C)C. The molecule has 3 rings (SSSR count). The van der Waals surface area contributed by atoms with Gasteiger partial charge in [0, 0.05) is 18.7 Å². The molecule has 0 radical (unpaired) electrons. The summed E-state index contributed by atoms with van der Waals surface area (Å²) in [5.74, 6) is 6.78. The van der Waals surface area contributed by atoms with Crippen molar-refractivity contribution in [3.05, 3.63) is 109 Å². The zero-order valence-electron chi connectivity index (χ0n) is 24.3. The smallest absolute Gasteiger partial charge is 0.261 e. The predicted molar refractivity (Wildman–Crippen MR) is 170 cm³/mol. The monoisotopic (exact) mass is 557 g/mol. The zero-order valence-corrected chi connectivity index (χ0v) is 26.1. The standard InChI is InChI=1S/C34H43NO2SSi/c1-8-27-35(38(36)33(2,3)4)30(25-24-29-18-12-9-13-19-29)26-28-37-39(34(5,6)7,31-20-14-10-15-21-31)32-22-16-11-17-23-32/h8-23,30H,1,26-28H2,2-7H3/t30-,38?/m0/s1. The Bertz CT molecular complexity index is 1230. The van der Waals surface area contributed by atoms with Crippen LogP contribution >= 0.6 is 0 Å². The first-order valence-corrected chi connectivity index (χ1v) is 16.6. The first-order valence-electron chi connectivity index (χ1n) is 13.6. The highest BCUT2D eigenvalue weighted by atomic mass is 32.2. The van der Waals surface area contributed by atoms with E-state index in [1.54, 1.807) is 0 Å². The van der Waals surface area contributed by atoms with Gasteiger partial charge in [0.2, 0.25) is 0 Å². The Balaban J connectivity index is 2.02. The van der Waals surface area contributed by atoms with Crippen molar-refractivity contribution >= 4 is 29.7 Å². The Morgan fingerprint density at radius 2 is 1.36 bits per heavy atom. The van der Waals surface area contributed by atoms with Crippen LogP contribution in [-0.4, -0.2) is 40.8 Å². The fourth-order valence-electron chi connectivity index (χ4n) is 4.85. The van der Waals surface area contributed by atoms with Crippen LogP contribution in [0, 0.1) is 11.8 Å². The molecule has 0 heterocycles. The molecule has 0 saturated carbocycles. The summed E-state index contributed by atoms with van der Waals surface area (Å²) in [4.78, 5) is 0. The third kappa shape index (κ3) is 7.68. The normalized spacial score (nSPS) is 13.8. The summed E-state index contributed by atoms with van der Waals surface area (Å²) in [5, 5.41) is 2.38. The molecule has 0 aliphatic carbocycles. The van der Waals surface area contributed by atoms with E-state index in [1.807, 2.05) is 61.5 Å². The average Bonchev–Trinajstić information content (AvgIpc) is 2.91. The molecule has 0 fully saturated rings. The molecule has 1 unspecified atom stereocenters. The summed E-state index contributed by atoms with van der Waals surface area (Å²) in [6, 6.07) is 31.0. The predicted octanol–water partition coefficient (Wildman–Crippen LogP) is 6.32. The Morgan fingerprint density at radius 1 is 0.872 bits per heavy atom. The summed E-state index contributed by atoms with van der Waals surface area (Å²) in [6.07, 6.45) is 2.43. The van der Waals surface area contributed by atoms with E-state index in [-0.39, 0.29) is 11.1 Å². The zero-order chi connectivity index (χ0) is 28.5. The van der Waals surface area contributed by atoms with E-state index in [2.05, 4.69) is 99.9 Å². The van der Waals surface area contributed by atoms with Crippen LogP contribution in [0.2, 0.25) is 5.04 Å². The van der Waals surface area contributed by atoms with Gasteiger partial charge in [0.25, 0.3) is 8.32 Å². The summed E-state index contributed by atoms with van der Waals surface area (Å²) < 4.78 is 22.4. The van der Waals surface area contributed by atoms with Crippen LogP contribution < -0.4 is 10.4 Å². The van der Waals surface area contributed by atoms with E-state index in [0.717, 1.165) is 5.56 Å². The Kier molecular flexibility index (Phi) is 10.7. The van der Waals surface area contributed by atoms with Crippen molar-refractivity contribution in [1.29, 1.82) is 0 Å². The van der Waals surface area contributed by atoms with Crippen molar-refractivity contribution in [2.45, 2.75) is 63.8 Å². The molecule has 0 aliphatic rings. The van der Waals surface area contributed by atoms with Gasteiger partial charge in [-0.2, -0.15) is 0 Å². The van der Waals surface area contributed by atoms with Gasteiger partial charge in [-0.1, -0.05) is 118 Å². The Labute approximate surface area is 240 Å². The number of hydrogen-bond acceptors (Lipinski definition) is 2. The summed E-state index contributed by atoms with van der Waals surface area (Å²) >= 11 is 0. The molecule has 0 spiro atoms. The summed E-state index contributed by atoms with van der Waals surface area (Å²) in [6.45, 7) is 17.8. The molecule has 0 bridgehead atoms. The molecule has 5 heteroatoms. The van der Waals surface area contributed by atoms with E-state index >= 15 is 0 Å². The van der Waals surface area contributed by atoms with E-state index in [1.165, 1.54) is 10.4 Å². The Morgan fingerprint density at radius 3 is 1.79 bits per heavy atom. The van der Waals surface area contributed by atoms with Gasteiger partial charge in [0.15, 0.2) is 0 Å². The molecular formula is C34H43NO2SSi. The van der Waals surface area contributed by atoms with Crippen molar-refractivity contribution in [2.24, 2.45) is 0 Å². The van der Waals surface area contributed by atoms with E-state index in [0.29, 0.717) is 19.6 Å². The van der Waals surface area contributed by atoms with Crippen LogP contribution in [0.25, 0.3) is 0 Å². The lowest BCUT2D eigenvalue weighted by Gasteiger charge is -2.43. The van der Waals surface area contributed by atoms with E-state index in [4.69, 9.17) is 4.43 Å². The molecular weight excluding hydrogens is 515 g/mol. The summed E-state index contributed by atoms with van der Waals surface area (Å²) in [7, 11) is -3.94. The van der Waals surface area contributed by atoms with Crippen molar-refractivity contribution in [3.63, 3.8) is 0 Å². The third-order valence-corrected chi connectivity index (χ3v) is 13.6. The second-order valence-corrected chi connectivity index (χ2v) is 18.2. The van der Waals surface area contributed by atoms with Crippen molar-refractivity contribution in [3.8, 4) is 11.8 Å². The molecule has 39 heavy (non-hydrogen) atoms. The molecule has 2 atom stereocenters. The lowest BCUT2D eigenvalue weighted by Crippen LogP contribution is -2.66. The average molecular weight is 558 g/mol. The maximum atomic E-state index is 13.7. The van der Waals surface area contributed by atoms with Crippen LogP contribution in [-0.2, 0) is 15.4 Å².